The van der Waals surface area contributed by atoms with Crippen LogP contribution in [0.1, 0.15) is 40.2 Å². The fraction of sp³-hybridized carbons (Fsp3) is 0.240. The van der Waals surface area contributed by atoms with Crippen LogP contribution < -0.4 is 5.73 Å². The number of phenols is 1. The number of benzene rings is 3. The minimum atomic E-state index is -0.718. The van der Waals surface area contributed by atoms with E-state index in [0.29, 0.717) is 31.1 Å². The zero-order valence-electron chi connectivity index (χ0n) is 17.0. The molecule has 0 spiro atoms. The smallest absolute Gasteiger partial charge is 0.257 e. The molecule has 0 saturated carbocycles. The maximum absolute atomic E-state index is 14.2. The second-order valence-corrected chi connectivity index (χ2v) is 7.87. The monoisotopic (exact) mass is 422 g/mol. The summed E-state index contributed by atoms with van der Waals surface area (Å²) in [7, 11) is 0. The molecule has 0 aromatic heterocycles. The normalized spacial score (nSPS) is 14.6. The number of aromatic hydroxyl groups is 1. The molecule has 0 unspecified atom stereocenters. The predicted octanol–water partition coefficient (Wildman–Crippen LogP) is 4.82. The van der Waals surface area contributed by atoms with Gasteiger partial charge in [0, 0.05) is 31.3 Å². The van der Waals surface area contributed by atoms with Gasteiger partial charge in [0.2, 0.25) is 0 Å². The first-order valence-electron chi connectivity index (χ1n) is 10.3. The lowest BCUT2D eigenvalue weighted by atomic mass is 9.88. The molecule has 31 heavy (non-hydrogen) atoms. The summed E-state index contributed by atoms with van der Waals surface area (Å²) in [5.74, 6) is -1.49. The van der Waals surface area contributed by atoms with Crippen LogP contribution in [0.25, 0.3) is 11.1 Å². The first-order chi connectivity index (χ1) is 15.0. The number of nitrogens with two attached hydrogens (primary N) is 1. The summed E-state index contributed by atoms with van der Waals surface area (Å²) in [6.45, 7) is 1.62. The molecule has 160 valence electrons. The minimum Gasteiger partial charge on any atom is -0.507 e. The van der Waals surface area contributed by atoms with E-state index in [2.05, 4.69) is 12.1 Å². The van der Waals surface area contributed by atoms with E-state index in [1.165, 1.54) is 29.8 Å². The van der Waals surface area contributed by atoms with Gasteiger partial charge in [-0.15, -0.1) is 0 Å². The van der Waals surface area contributed by atoms with Crippen LogP contribution in [-0.4, -0.2) is 29.0 Å². The summed E-state index contributed by atoms with van der Waals surface area (Å²) < 4.78 is 27.4. The van der Waals surface area contributed by atoms with Crippen molar-refractivity contribution in [2.24, 2.45) is 5.73 Å². The van der Waals surface area contributed by atoms with Crippen LogP contribution in [0.3, 0.4) is 0 Å². The number of hydrogen-bond acceptors (Lipinski definition) is 3. The lowest BCUT2D eigenvalue weighted by Crippen LogP contribution is -2.38. The number of likely N-dealkylation sites (tertiary alicyclic amines) is 1. The number of phenolic OH excluding ortho intramolecular Hbond substituents is 1. The summed E-state index contributed by atoms with van der Waals surface area (Å²) in [5.41, 5.74) is 8.76. The van der Waals surface area contributed by atoms with Gasteiger partial charge in [0.05, 0.1) is 5.56 Å². The van der Waals surface area contributed by atoms with Gasteiger partial charge in [-0.3, -0.25) is 4.79 Å². The highest BCUT2D eigenvalue weighted by Gasteiger charge is 2.26. The van der Waals surface area contributed by atoms with Crippen LogP contribution >= 0.6 is 0 Å². The molecule has 0 radical (unpaired) electrons. The highest BCUT2D eigenvalue weighted by atomic mass is 19.1. The summed E-state index contributed by atoms with van der Waals surface area (Å²) in [6.07, 6.45) is 1.62. The lowest BCUT2D eigenvalue weighted by Gasteiger charge is -2.32. The van der Waals surface area contributed by atoms with Crippen molar-refractivity contribution in [1.29, 1.82) is 0 Å². The summed E-state index contributed by atoms with van der Waals surface area (Å²) in [4.78, 5) is 14.8. The Morgan fingerprint density at radius 3 is 2.52 bits per heavy atom. The zero-order valence-corrected chi connectivity index (χ0v) is 17.0. The maximum Gasteiger partial charge on any atom is 0.257 e. The van der Waals surface area contributed by atoms with Crippen LogP contribution in [0.15, 0.2) is 60.7 Å². The van der Waals surface area contributed by atoms with Crippen LogP contribution in [0.2, 0.25) is 0 Å². The Balaban J connectivity index is 1.51. The minimum absolute atomic E-state index is 0.116. The second-order valence-electron chi connectivity index (χ2n) is 7.87. The SMILES string of the molecule is NCc1cccc(C2CCN(C(=O)c3cc(-c4ccc(F)cc4F)ccc3O)CC2)c1. The van der Waals surface area contributed by atoms with Gasteiger partial charge in [0.1, 0.15) is 17.4 Å². The Morgan fingerprint density at radius 2 is 1.81 bits per heavy atom. The van der Waals surface area contributed by atoms with Gasteiger partial charge in [-0.05, 0) is 59.7 Å². The molecule has 0 aliphatic carbocycles. The summed E-state index contributed by atoms with van der Waals surface area (Å²) in [5, 5.41) is 10.3. The third-order valence-electron chi connectivity index (χ3n) is 5.91. The summed E-state index contributed by atoms with van der Waals surface area (Å²) >= 11 is 0. The van der Waals surface area contributed by atoms with E-state index in [4.69, 9.17) is 5.73 Å². The molecule has 4 nitrogen and oxygen atoms in total. The van der Waals surface area contributed by atoms with Crippen molar-refractivity contribution in [2.75, 3.05) is 13.1 Å². The van der Waals surface area contributed by atoms with E-state index in [1.54, 1.807) is 4.90 Å². The first kappa shape index (κ1) is 21.0. The molecular formula is C25H24F2N2O2. The molecule has 0 bridgehead atoms. The molecule has 1 aliphatic heterocycles. The number of piperidine rings is 1. The number of carbonyl (C=O) groups excluding carboxylic acids is 1. The van der Waals surface area contributed by atoms with Crippen molar-refractivity contribution in [3.05, 3.63) is 89.0 Å². The van der Waals surface area contributed by atoms with E-state index >= 15 is 0 Å². The van der Waals surface area contributed by atoms with Crippen LogP contribution in [0, 0.1) is 11.6 Å². The Morgan fingerprint density at radius 1 is 1.03 bits per heavy atom. The Bertz CT molecular complexity index is 1110. The molecule has 3 aromatic rings. The van der Waals surface area contributed by atoms with E-state index < -0.39 is 11.6 Å². The quantitative estimate of drug-likeness (QED) is 0.634. The average molecular weight is 422 g/mol. The van der Waals surface area contributed by atoms with Gasteiger partial charge in [0.15, 0.2) is 0 Å². The molecule has 4 rings (SSSR count). The maximum atomic E-state index is 14.2. The number of amides is 1. The number of rotatable bonds is 4. The molecule has 1 saturated heterocycles. The van der Waals surface area contributed by atoms with Gasteiger partial charge >= 0.3 is 0 Å². The number of halogens is 2. The zero-order chi connectivity index (χ0) is 22.0. The van der Waals surface area contributed by atoms with Crippen molar-refractivity contribution < 1.29 is 18.7 Å². The van der Waals surface area contributed by atoms with E-state index in [-0.39, 0.29) is 22.8 Å². The third-order valence-corrected chi connectivity index (χ3v) is 5.91. The van der Waals surface area contributed by atoms with Crippen molar-refractivity contribution in [1.82, 2.24) is 4.90 Å². The average Bonchev–Trinajstić information content (AvgIpc) is 2.79. The number of hydrogen-bond donors (Lipinski definition) is 2. The van der Waals surface area contributed by atoms with Gasteiger partial charge < -0.3 is 15.7 Å². The predicted molar refractivity (Wildman–Crippen MR) is 116 cm³/mol. The van der Waals surface area contributed by atoms with Crippen molar-refractivity contribution in [3.8, 4) is 16.9 Å². The molecule has 3 aromatic carbocycles. The van der Waals surface area contributed by atoms with Gasteiger partial charge in [-0.1, -0.05) is 30.3 Å². The largest absolute Gasteiger partial charge is 0.507 e. The number of carbonyl (C=O) groups is 1. The molecule has 1 aliphatic rings. The van der Waals surface area contributed by atoms with Crippen molar-refractivity contribution in [3.63, 3.8) is 0 Å². The Labute approximate surface area is 179 Å². The summed E-state index contributed by atoms with van der Waals surface area (Å²) in [6, 6.07) is 15.9. The van der Waals surface area contributed by atoms with Crippen LogP contribution in [0.5, 0.6) is 5.75 Å². The second kappa shape index (κ2) is 8.86. The fourth-order valence-electron chi connectivity index (χ4n) is 4.16. The standard InChI is InChI=1S/C25H24F2N2O2/c26-20-5-6-21(23(27)14-20)19-4-7-24(30)22(13-19)25(31)29-10-8-17(9-11-29)18-3-1-2-16(12-18)15-28/h1-7,12-14,17,30H,8-11,15,28H2. The van der Waals surface area contributed by atoms with Gasteiger partial charge in [0.25, 0.3) is 5.91 Å². The highest BCUT2D eigenvalue weighted by molar-refractivity contribution is 5.98. The van der Waals surface area contributed by atoms with E-state index in [9.17, 15) is 18.7 Å². The number of nitrogens with zero attached hydrogens (tertiary/aromatic N) is 1. The highest BCUT2D eigenvalue weighted by Crippen LogP contribution is 2.32. The molecule has 0 atom stereocenters. The molecule has 1 amide bonds. The molecule has 1 fully saturated rings. The van der Waals surface area contributed by atoms with E-state index in [1.807, 2.05) is 12.1 Å². The van der Waals surface area contributed by atoms with Crippen LogP contribution in [-0.2, 0) is 6.54 Å². The fourth-order valence-corrected chi connectivity index (χ4v) is 4.16. The first-order valence-corrected chi connectivity index (χ1v) is 10.3. The molecule has 3 N–H and O–H groups in total. The van der Waals surface area contributed by atoms with Crippen molar-refractivity contribution in [2.45, 2.75) is 25.3 Å². The van der Waals surface area contributed by atoms with Gasteiger partial charge in [-0.2, -0.15) is 0 Å². The Kier molecular flexibility index (Phi) is 6.00. The molecule has 6 heteroatoms. The van der Waals surface area contributed by atoms with Crippen molar-refractivity contribution >= 4 is 5.91 Å². The molecule has 1 heterocycles. The third kappa shape index (κ3) is 4.44. The lowest BCUT2D eigenvalue weighted by molar-refractivity contribution is 0.0710. The van der Waals surface area contributed by atoms with Gasteiger partial charge in [-0.25, -0.2) is 8.78 Å². The Hall–Kier alpha value is -3.25. The molecular weight excluding hydrogens is 398 g/mol. The van der Waals surface area contributed by atoms with E-state index in [0.717, 1.165) is 30.5 Å². The van der Waals surface area contributed by atoms with Crippen LogP contribution in [0.4, 0.5) is 8.78 Å². The topological polar surface area (TPSA) is 66.6 Å².